The van der Waals surface area contributed by atoms with Gasteiger partial charge in [0.15, 0.2) is 0 Å². The van der Waals surface area contributed by atoms with Gasteiger partial charge in [-0.3, -0.25) is 0 Å². The summed E-state index contributed by atoms with van der Waals surface area (Å²) in [5, 5.41) is 10.4. The molecule has 0 radical (unpaired) electrons. The van der Waals surface area contributed by atoms with Crippen LogP contribution < -0.4 is 0 Å². The quantitative estimate of drug-likeness (QED) is 0.640. The highest BCUT2D eigenvalue weighted by Gasteiger charge is 2.60. The van der Waals surface area contributed by atoms with Crippen molar-refractivity contribution in [2.24, 2.45) is 34.5 Å². The summed E-state index contributed by atoms with van der Waals surface area (Å²) in [5.41, 5.74) is 2.50. The Bertz CT molecular complexity index is 653. The van der Waals surface area contributed by atoms with Gasteiger partial charge in [-0.25, -0.2) is 0 Å². The molecule has 5 rings (SSSR count). The maximum atomic E-state index is 10.4. The van der Waals surface area contributed by atoms with E-state index < -0.39 is 0 Å². The zero-order valence-corrected chi connectivity index (χ0v) is 16.7. The van der Waals surface area contributed by atoms with Crippen molar-refractivity contribution in [1.82, 2.24) is 0 Å². The Hall–Kier alpha value is -0.820. The van der Waals surface area contributed by atoms with E-state index in [1.165, 1.54) is 44.9 Å². The Balaban J connectivity index is 1.45. The van der Waals surface area contributed by atoms with E-state index >= 15 is 0 Å². The van der Waals surface area contributed by atoms with Crippen molar-refractivity contribution in [3.8, 4) is 0 Å². The van der Waals surface area contributed by atoms with Crippen LogP contribution in [0.3, 0.4) is 0 Å². The minimum absolute atomic E-state index is 0.0380. The highest BCUT2D eigenvalue weighted by Crippen LogP contribution is 2.68. The van der Waals surface area contributed by atoms with Gasteiger partial charge >= 0.3 is 0 Å². The van der Waals surface area contributed by atoms with Gasteiger partial charge in [0.1, 0.15) is 0 Å². The minimum Gasteiger partial charge on any atom is -0.393 e. The van der Waals surface area contributed by atoms with E-state index in [1.807, 2.05) is 0 Å². The molecule has 1 heteroatoms. The molecule has 4 saturated carbocycles. The molecule has 0 spiro atoms. The number of fused-ring (bicyclic) bond motifs is 5. The third-order valence-electron chi connectivity index (χ3n) is 9.79. The molecule has 0 aliphatic heterocycles. The van der Waals surface area contributed by atoms with Crippen LogP contribution in [0, 0.1) is 34.5 Å². The van der Waals surface area contributed by atoms with Gasteiger partial charge in [-0.05, 0) is 104 Å². The molecule has 1 aromatic rings. The smallest absolute Gasteiger partial charge is 0.0545 e. The fraction of sp³-hybridized carbons (Fsp3) is 0.760. The lowest BCUT2D eigenvalue weighted by molar-refractivity contribution is -0.126. The first-order valence-corrected chi connectivity index (χ1v) is 11.3. The summed E-state index contributed by atoms with van der Waals surface area (Å²) < 4.78 is 0. The molecule has 4 fully saturated rings. The first-order valence-electron chi connectivity index (χ1n) is 11.3. The topological polar surface area (TPSA) is 20.2 Å². The van der Waals surface area contributed by atoms with Crippen molar-refractivity contribution in [3.63, 3.8) is 0 Å². The van der Waals surface area contributed by atoms with Gasteiger partial charge in [0, 0.05) is 0 Å². The molecule has 4 aliphatic rings. The van der Waals surface area contributed by atoms with Crippen molar-refractivity contribution >= 4 is 0 Å². The summed E-state index contributed by atoms with van der Waals surface area (Å²) in [6.45, 7) is 5.19. The fourth-order valence-corrected chi connectivity index (χ4v) is 8.56. The number of aliphatic hydroxyl groups excluding tert-OH is 1. The average molecular weight is 353 g/mol. The number of rotatable bonds is 1. The Morgan fingerprint density at radius 3 is 2.35 bits per heavy atom. The van der Waals surface area contributed by atoms with Crippen molar-refractivity contribution < 1.29 is 5.11 Å². The first-order chi connectivity index (χ1) is 12.5. The first kappa shape index (κ1) is 17.3. The van der Waals surface area contributed by atoms with Crippen LogP contribution in [-0.4, -0.2) is 11.2 Å². The second-order valence-electron chi connectivity index (χ2n) is 10.7. The highest BCUT2D eigenvalue weighted by molar-refractivity contribution is 5.25. The molecule has 0 amide bonds. The van der Waals surface area contributed by atoms with Gasteiger partial charge in [-0.15, -0.1) is 0 Å². The normalized spacial score (nSPS) is 50.6. The molecule has 1 N–H and O–H groups in total. The minimum atomic E-state index is -0.0380. The van der Waals surface area contributed by atoms with Crippen LogP contribution in [0.25, 0.3) is 0 Å². The molecule has 0 heterocycles. The van der Waals surface area contributed by atoms with Gasteiger partial charge < -0.3 is 5.11 Å². The average Bonchev–Trinajstić information content (AvgIpc) is 2.99. The van der Waals surface area contributed by atoms with Crippen LogP contribution in [0.4, 0.5) is 0 Å². The second-order valence-corrected chi connectivity index (χ2v) is 10.7. The Labute approximate surface area is 159 Å². The predicted molar refractivity (Wildman–Crippen MR) is 107 cm³/mol. The maximum Gasteiger partial charge on any atom is 0.0545 e. The van der Waals surface area contributed by atoms with Crippen LogP contribution in [0.5, 0.6) is 0 Å². The largest absolute Gasteiger partial charge is 0.393 e. The van der Waals surface area contributed by atoms with Crippen LogP contribution in [-0.2, 0) is 0 Å². The molecule has 142 valence electrons. The zero-order valence-electron chi connectivity index (χ0n) is 16.7. The van der Waals surface area contributed by atoms with Gasteiger partial charge in [0.25, 0.3) is 0 Å². The van der Waals surface area contributed by atoms with Crippen molar-refractivity contribution in [2.75, 3.05) is 0 Å². The Morgan fingerprint density at radius 1 is 0.808 bits per heavy atom. The fourth-order valence-electron chi connectivity index (χ4n) is 8.56. The highest BCUT2D eigenvalue weighted by atomic mass is 16.3. The molecule has 3 unspecified atom stereocenters. The zero-order chi connectivity index (χ0) is 17.9. The third-order valence-corrected chi connectivity index (χ3v) is 9.79. The molecule has 0 bridgehead atoms. The predicted octanol–water partition coefficient (Wildman–Crippen LogP) is 6.17. The van der Waals surface area contributed by atoms with E-state index in [2.05, 4.69) is 44.2 Å². The number of benzene rings is 1. The molecule has 4 aliphatic carbocycles. The monoisotopic (exact) mass is 352 g/mol. The van der Waals surface area contributed by atoms with Crippen molar-refractivity contribution in [1.29, 1.82) is 0 Å². The van der Waals surface area contributed by atoms with Gasteiger partial charge in [-0.2, -0.15) is 0 Å². The Morgan fingerprint density at radius 2 is 1.54 bits per heavy atom. The van der Waals surface area contributed by atoms with E-state index in [9.17, 15) is 5.11 Å². The van der Waals surface area contributed by atoms with E-state index in [4.69, 9.17) is 0 Å². The summed E-state index contributed by atoms with van der Waals surface area (Å²) in [7, 11) is 0. The molecule has 1 nitrogen and oxygen atoms in total. The summed E-state index contributed by atoms with van der Waals surface area (Å²) in [6, 6.07) is 11.4. The Kier molecular flexibility index (Phi) is 4.05. The van der Waals surface area contributed by atoms with E-state index in [0.29, 0.717) is 10.8 Å². The second kappa shape index (κ2) is 6.09. The van der Waals surface area contributed by atoms with Crippen molar-refractivity contribution in [2.45, 2.75) is 83.7 Å². The lowest BCUT2D eigenvalue weighted by atomic mass is 9.44. The molecule has 26 heavy (non-hydrogen) atoms. The van der Waals surface area contributed by atoms with E-state index in [1.54, 1.807) is 5.56 Å². The van der Waals surface area contributed by atoms with E-state index in [-0.39, 0.29) is 6.10 Å². The van der Waals surface area contributed by atoms with Crippen LogP contribution >= 0.6 is 0 Å². The molecular formula is C25H36O. The summed E-state index contributed by atoms with van der Waals surface area (Å²) in [5.74, 6) is 4.32. The lowest BCUT2D eigenvalue weighted by Gasteiger charge is -2.61. The van der Waals surface area contributed by atoms with Gasteiger partial charge in [-0.1, -0.05) is 44.2 Å². The van der Waals surface area contributed by atoms with Crippen LogP contribution in [0.1, 0.15) is 83.1 Å². The maximum absolute atomic E-state index is 10.4. The number of hydrogen-bond donors (Lipinski definition) is 1. The van der Waals surface area contributed by atoms with Gasteiger partial charge in [0.2, 0.25) is 0 Å². The van der Waals surface area contributed by atoms with Gasteiger partial charge in [0.05, 0.1) is 6.10 Å². The molecule has 0 aromatic heterocycles. The van der Waals surface area contributed by atoms with E-state index in [0.717, 1.165) is 42.4 Å². The number of aliphatic hydroxyl groups is 1. The lowest BCUT2D eigenvalue weighted by Crippen LogP contribution is -2.54. The van der Waals surface area contributed by atoms with Crippen molar-refractivity contribution in [3.05, 3.63) is 35.9 Å². The molecular weight excluding hydrogens is 316 g/mol. The van der Waals surface area contributed by atoms with Crippen LogP contribution in [0.2, 0.25) is 0 Å². The third kappa shape index (κ3) is 2.38. The molecule has 0 saturated heterocycles. The summed E-state index contributed by atoms with van der Waals surface area (Å²) in [6.07, 6.45) is 11.9. The van der Waals surface area contributed by atoms with Crippen LogP contribution in [0.15, 0.2) is 30.3 Å². The summed E-state index contributed by atoms with van der Waals surface area (Å²) in [4.78, 5) is 0. The summed E-state index contributed by atoms with van der Waals surface area (Å²) >= 11 is 0. The standard InChI is InChI=1S/C25H36O/c1-24-15-14-23-20(11-9-18-8-10-19(26)16-25(18,23)2)22(24)13-12-21(24)17-6-4-3-5-7-17/h3-7,18-23,26H,8-16H2,1-2H3/t18?,19?,20-,21?,22-,23+,24+,25-/m0/s1. The molecule has 1 aromatic carbocycles. The molecule has 8 atom stereocenters. The number of hydrogen-bond acceptors (Lipinski definition) is 1. The SMILES string of the molecule is C[C@]12CC(O)CCC1CC[C@@H]1[C@H]2CC[C@]2(C)C(c3ccccc3)CC[C@@H]12.